The second-order valence-electron chi connectivity index (χ2n) is 6.83. The van der Waals surface area contributed by atoms with Gasteiger partial charge in [0.1, 0.15) is 6.33 Å². The van der Waals surface area contributed by atoms with E-state index >= 15 is 0 Å². The molecule has 2 aliphatic heterocycles. The molecule has 0 unspecified atom stereocenters. The first-order chi connectivity index (χ1) is 11.8. The van der Waals surface area contributed by atoms with Gasteiger partial charge < -0.3 is 15.1 Å². The molecule has 0 atom stereocenters. The molecule has 0 bridgehead atoms. The van der Waals surface area contributed by atoms with Crippen LogP contribution in [0.15, 0.2) is 12.5 Å². The first-order valence-electron chi connectivity index (χ1n) is 9.37. The molecule has 0 spiro atoms. The zero-order valence-corrected chi connectivity index (χ0v) is 14.7. The number of aromatic nitrogens is 2. The Balaban J connectivity index is 1.63. The fraction of sp³-hybridized carbons (Fsp3) is 0.722. The van der Waals surface area contributed by atoms with Crippen LogP contribution in [0.4, 0.5) is 11.5 Å². The van der Waals surface area contributed by atoms with Crippen molar-refractivity contribution in [2.45, 2.75) is 45.4 Å². The van der Waals surface area contributed by atoms with E-state index in [1.54, 1.807) is 6.33 Å². The van der Waals surface area contributed by atoms with Crippen molar-refractivity contribution in [1.82, 2.24) is 15.3 Å². The minimum Gasteiger partial charge on any atom is -0.367 e. The molecule has 1 N–H and O–H groups in total. The minimum absolute atomic E-state index is 0.149. The molecule has 3 rings (SSSR count). The van der Waals surface area contributed by atoms with Gasteiger partial charge in [0.25, 0.3) is 0 Å². The van der Waals surface area contributed by atoms with Gasteiger partial charge in [-0.3, -0.25) is 4.79 Å². The second kappa shape index (κ2) is 8.31. The van der Waals surface area contributed by atoms with Crippen molar-refractivity contribution in [3.05, 3.63) is 12.5 Å². The quantitative estimate of drug-likeness (QED) is 0.896. The summed E-state index contributed by atoms with van der Waals surface area (Å²) < 4.78 is 0. The van der Waals surface area contributed by atoms with Crippen molar-refractivity contribution in [2.24, 2.45) is 5.92 Å². The van der Waals surface area contributed by atoms with Crippen LogP contribution in [0.25, 0.3) is 0 Å². The number of nitrogens with one attached hydrogen (secondary N) is 1. The van der Waals surface area contributed by atoms with Crippen molar-refractivity contribution in [2.75, 3.05) is 42.5 Å². The molecule has 0 aromatic carbocycles. The van der Waals surface area contributed by atoms with Crippen LogP contribution < -0.4 is 15.1 Å². The summed E-state index contributed by atoms with van der Waals surface area (Å²) in [4.78, 5) is 25.7. The van der Waals surface area contributed by atoms with Gasteiger partial charge in [-0.15, -0.1) is 0 Å². The molecule has 132 valence electrons. The van der Waals surface area contributed by atoms with Crippen LogP contribution >= 0.6 is 0 Å². The zero-order chi connectivity index (χ0) is 16.8. The first-order valence-corrected chi connectivity index (χ1v) is 9.37. The number of amides is 1. The predicted octanol–water partition coefficient (Wildman–Crippen LogP) is 2.21. The maximum Gasteiger partial charge on any atom is 0.223 e. The molecule has 0 radical (unpaired) electrons. The highest BCUT2D eigenvalue weighted by atomic mass is 16.1. The highest BCUT2D eigenvalue weighted by molar-refractivity contribution is 5.79. The molecule has 2 fully saturated rings. The minimum atomic E-state index is 0.149. The van der Waals surface area contributed by atoms with E-state index in [2.05, 4.69) is 32.0 Å². The second-order valence-corrected chi connectivity index (χ2v) is 6.83. The summed E-state index contributed by atoms with van der Waals surface area (Å²) in [5.74, 6) is 1.44. The van der Waals surface area contributed by atoms with Crippen molar-refractivity contribution in [3.63, 3.8) is 0 Å². The zero-order valence-electron chi connectivity index (χ0n) is 14.7. The van der Waals surface area contributed by atoms with E-state index in [9.17, 15) is 4.79 Å². The van der Waals surface area contributed by atoms with Gasteiger partial charge in [-0.25, -0.2) is 9.97 Å². The van der Waals surface area contributed by atoms with Gasteiger partial charge in [0, 0.05) is 38.6 Å². The van der Waals surface area contributed by atoms with E-state index in [0.29, 0.717) is 0 Å². The molecule has 1 aromatic heterocycles. The third kappa shape index (κ3) is 3.97. The Kier molecular flexibility index (Phi) is 5.88. The fourth-order valence-corrected chi connectivity index (χ4v) is 3.66. The number of hydrogen-bond acceptors (Lipinski definition) is 5. The van der Waals surface area contributed by atoms with E-state index in [1.807, 2.05) is 6.20 Å². The molecular weight excluding hydrogens is 302 g/mol. The number of hydrogen-bond donors (Lipinski definition) is 1. The summed E-state index contributed by atoms with van der Waals surface area (Å²) in [7, 11) is 0. The molecule has 6 nitrogen and oxygen atoms in total. The number of anilines is 2. The topological polar surface area (TPSA) is 61.4 Å². The average Bonchev–Trinajstić information content (AvgIpc) is 2.67. The highest BCUT2D eigenvalue weighted by Crippen LogP contribution is 2.31. The van der Waals surface area contributed by atoms with E-state index < -0.39 is 0 Å². The summed E-state index contributed by atoms with van der Waals surface area (Å²) in [6, 6.07) is 0. The number of carbonyl (C=O) groups is 1. The van der Waals surface area contributed by atoms with E-state index in [4.69, 9.17) is 0 Å². The molecule has 1 amide bonds. The van der Waals surface area contributed by atoms with Crippen molar-refractivity contribution in [1.29, 1.82) is 0 Å². The fourth-order valence-electron chi connectivity index (χ4n) is 3.66. The van der Waals surface area contributed by atoms with Crippen LogP contribution in [0.1, 0.15) is 45.4 Å². The van der Waals surface area contributed by atoms with Gasteiger partial charge in [-0.2, -0.15) is 0 Å². The third-order valence-electron chi connectivity index (χ3n) is 5.08. The van der Waals surface area contributed by atoms with Crippen LogP contribution in [-0.2, 0) is 4.79 Å². The van der Waals surface area contributed by atoms with Gasteiger partial charge in [-0.1, -0.05) is 6.92 Å². The molecular formula is C18H29N5O. The Morgan fingerprint density at radius 2 is 1.92 bits per heavy atom. The van der Waals surface area contributed by atoms with Crippen LogP contribution in [0, 0.1) is 5.92 Å². The SMILES string of the molecule is CCCNC(=O)C1CCN(c2cncnc2N2CCCCC2)CC1. The smallest absolute Gasteiger partial charge is 0.223 e. The summed E-state index contributed by atoms with van der Waals surface area (Å²) in [6.45, 7) is 6.84. The maximum absolute atomic E-state index is 12.2. The maximum atomic E-state index is 12.2. The van der Waals surface area contributed by atoms with E-state index in [-0.39, 0.29) is 11.8 Å². The van der Waals surface area contributed by atoms with Crippen molar-refractivity contribution in [3.8, 4) is 0 Å². The Labute approximate surface area is 144 Å². The molecule has 0 aliphatic carbocycles. The van der Waals surface area contributed by atoms with Crippen LogP contribution in [0.2, 0.25) is 0 Å². The molecule has 2 saturated heterocycles. The lowest BCUT2D eigenvalue weighted by molar-refractivity contribution is -0.125. The lowest BCUT2D eigenvalue weighted by atomic mass is 9.95. The Hall–Kier alpha value is -1.85. The van der Waals surface area contributed by atoms with Crippen LogP contribution in [-0.4, -0.2) is 48.6 Å². The number of carbonyl (C=O) groups excluding carboxylic acids is 1. The summed E-state index contributed by atoms with van der Waals surface area (Å²) in [5.41, 5.74) is 1.13. The summed E-state index contributed by atoms with van der Waals surface area (Å²) >= 11 is 0. The average molecular weight is 331 g/mol. The summed E-state index contributed by atoms with van der Waals surface area (Å²) in [5, 5.41) is 3.03. The normalized spacial score (nSPS) is 19.4. The first kappa shape index (κ1) is 17.0. The number of piperidine rings is 2. The van der Waals surface area contributed by atoms with Gasteiger partial charge in [-0.05, 0) is 38.5 Å². The monoisotopic (exact) mass is 331 g/mol. The van der Waals surface area contributed by atoms with Gasteiger partial charge in [0.15, 0.2) is 5.82 Å². The molecule has 6 heteroatoms. The standard InChI is InChI=1S/C18H29N5O/c1-2-8-20-18(24)15-6-11-22(12-7-15)16-13-19-14-21-17(16)23-9-4-3-5-10-23/h13-15H,2-12H2,1H3,(H,20,24). The lowest BCUT2D eigenvalue weighted by Gasteiger charge is -2.36. The number of rotatable bonds is 5. The summed E-state index contributed by atoms with van der Waals surface area (Å²) in [6.07, 6.45) is 10.2. The molecule has 24 heavy (non-hydrogen) atoms. The lowest BCUT2D eigenvalue weighted by Crippen LogP contribution is -2.41. The van der Waals surface area contributed by atoms with E-state index in [0.717, 1.165) is 63.5 Å². The largest absolute Gasteiger partial charge is 0.367 e. The molecule has 0 saturated carbocycles. The molecule has 3 heterocycles. The molecule has 2 aliphatic rings. The molecule has 1 aromatic rings. The Morgan fingerprint density at radius 1 is 1.17 bits per heavy atom. The van der Waals surface area contributed by atoms with Crippen molar-refractivity contribution < 1.29 is 4.79 Å². The van der Waals surface area contributed by atoms with E-state index in [1.165, 1.54) is 19.3 Å². The number of nitrogens with zero attached hydrogens (tertiary/aromatic N) is 4. The van der Waals surface area contributed by atoms with Gasteiger partial charge in [0.2, 0.25) is 5.91 Å². The third-order valence-corrected chi connectivity index (χ3v) is 5.08. The van der Waals surface area contributed by atoms with Crippen molar-refractivity contribution >= 4 is 17.4 Å². The Morgan fingerprint density at radius 3 is 2.62 bits per heavy atom. The van der Waals surface area contributed by atoms with Gasteiger partial charge in [0.05, 0.1) is 11.9 Å². The Bertz CT molecular complexity index is 536. The van der Waals surface area contributed by atoms with Crippen LogP contribution in [0.3, 0.4) is 0 Å². The highest BCUT2D eigenvalue weighted by Gasteiger charge is 2.27. The van der Waals surface area contributed by atoms with Gasteiger partial charge >= 0.3 is 0 Å². The van der Waals surface area contributed by atoms with Crippen LogP contribution in [0.5, 0.6) is 0 Å². The predicted molar refractivity (Wildman–Crippen MR) is 96.3 cm³/mol.